The van der Waals surface area contributed by atoms with Gasteiger partial charge in [-0.2, -0.15) is 10.2 Å². The fourth-order valence-electron chi connectivity index (χ4n) is 6.61. The Morgan fingerprint density at radius 2 is 1.72 bits per heavy atom. The van der Waals surface area contributed by atoms with Gasteiger partial charge >= 0.3 is 0 Å². The van der Waals surface area contributed by atoms with Crippen LogP contribution in [0.5, 0.6) is 5.75 Å². The van der Waals surface area contributed by atoms with Gasteiger partial charge in [-0.05, 0) is 43.1 Å². The molecular weight excluding hydrogens is 590 g/mol. The minimum Gasteiger partial charge on any atom is -0.496 e. The number of hydrogen-bond donors (Lipinski definition) is 1. The zero-order valence-electron chi connectivity index (χ0n) is 27.5. The second-order valence-electron chi connectivity index (χ2n) is 12.5. The molecule has 242 valence electrons. The summed E-state index contributed by atoms with van der Waals surface area (Å²) >= 11 is 0. The number of nitrogens with one attached hydrogen (secondary N) is 1. The van der Waals surface area contributed by atoms with Gasteiger partial charge in [0, 0.05) is 100.0 Å². The first-order chi connectivity index (χ1) is 22.9. The highest BCUT2D eigenvalue weighted by molar-refractivity contribution is 5.94. The van der Waals surface area contributed by atoms with Crippen LogP contribution in [0, 0.1) is 0 Å². The standard InChI is InChI=1S/C36H41N9O2/c1-42-15-17-45(18-16-42)14-13-37-36(46)27-10-9-26(31(19-27)47-4)20-32-38-21-28-11-12-30-33(34(28)40-32)35(44(3)41-30)25-7-5-24(6-8-25)29-22-39-43(2)23-29/h5-10,19,21-23H,11-18,20H2,1-4H3,(H,37,46). The third-order valence-electron chi connectivity index (χ3n) is 9.31. The van der Waals surface area contributed by atoms with E-state index < -0.39 is 0 Å². The highest BCUT2D eigenvalue weighted by Gasteiger charge is 2.27. The Morgan fingerprint density at radius 1 is 0.936 bits per heavy atom. The summed E-state index contributed by atoms with van der Waals surface area (Å²) in [5.41, 5.74) is 10.0. The van der Waals surface area contributed by atoms with E-state index in [1.54, 1.807) is 7.11 Å². The third kappa shape index (κ3) is 6.41. The van der Waals surface area contributed by atoms with Gasteiger partial charge in [0.1, 0.15) is 11.6 Å². The average Bonchev–Trinajstić information content (AvgIpc) is 3.68. The molecule has 4 heterocycles. The number of carbonyl (C=O) groups excluding carboxylic acids is 1. The fourth-order valence-corrected chi connectivity index (χ4v) is 6.61. The summed E-state index contributed by atoms with van der Waals surface area (Å²) in [4.78, 5) is 27.6. The number of ether oxygens (including phenoxy) is 1. The summed E-state index contributed by atoms with van der Waals surface area (Å²) in [5.74, 6) is 1.25. The molecule has 1 N–H and O–H groups in total. The molecule has 7 rings (SSSR count). The van der Waals surface area contributed by atoms with Crippen LogP contribution in [0.25, 0.3) is 33.6 Å². The van der Waals surface area contributed by atoms with E-state index >= 15 is 0 Å². The van der Waals surface area contributed by atoms with Crippen molar-refractivity contribution in [2.24, 2.45) is 14.1 Å². The second kappa shape index (κ2) is 13.1. The molecule has 47 heavy (non-hydrogen) atoms. The summed E-state index contributed by atoms with van der Waals surface area (Å²) in [6.45, 7) is 5.65. The molecule has 0 spiro atoms. The Morgan fingerprint density at radius 3 is 2.47 bits per heavy atom. The number of benzene rings is 2. The Kier molecular flexibility index (Phi) is 8.57. The second-order valence-corrected chi connectivity index (χ2v) is 12.5. The molecule has 3 aromatic heterocycles. The number of hydrogen-bond acceptors (Lipinski definition) is 8. The molecule has 1 amide bonds. The topological polar surface area (TPSA) is 106 Å². The van der Waals surface area contributed by atoms with E-state index in [1.165, 1.54) is 0 Å². The van der Waals surface area contributed by atoms with Gasteiger partial charge in [0.25, 0.3) is 5.91 Å². The van der Waals surface area contributed by atoms with Crippen LogP contribution in [0.1, 0.15) is 33.0 Å². The van der Waals surface area contributed by atoms with E-state index in [2.05, 4.69) is 51.5 Å². The SMILES string of the molecule is COc1cc(C(=O)NCCN2CCN(C)CC2)ccc1Cc1ncc2c(n1)-c1c(nn(C)c1-c1ccc(-c3cnn(C)c3)cc1)CC2. The van der Waals surface area contributed by atoms with Crippen LogP contribution in [0.2, 0.25) is 0 Å². The van der Waals surface area contributed by atoms with Gasteiger partial charge in [0.15, 0.2) is 0 Å². The number of amides is 1. The van der Waals surface area contributed by atoms with Crippen molar-refractivity contribution in [3.8, 4) is 39.4 Å². The monoisotopic (exact) mass is 631 g/mol. The maximum atomic E-state index is 13.0. The Hall–Kier alpha value is -4.87. The zero-order chi connectivity index (χ0) is 32.5. The minimum absolute atomic E-state index is 0.0980. The zero-order valence-corrected chi connectivity index (χ0v) is 27.5. The van der Waals surface area contributed by atoms with Crippen LogP contribution in [0.3, 0.4) is 0 Å². The lowest BCUT2D eigenvalue weighted by atomic mass is 9.91. The predicted molar refractivity (Wildman–Crippen MR) is 181 cm³/mol. The van der Waals surface area contributed by atoms with Crippen LogP contribution in [-0.4, -0.2) is 98.7 Å². The number of rotatable bonds is 9. The smallest absolute Gasteiger partial charge is 0.251 e. The van der Waals surface area contributed by atoms with Gasteiger partial charge in [0.2, 0.25) is 0 Å². The van der Waals surface area contributed by atoms with Crippen molar-refractivity contribution < 1.29 is 9.53 Å². The van der Waals surface area contributed by atoms with E-state index in [4.69, 9.17) is 19.8 Å². The van der Waals surface area contributed by atoms with Gasteiger partial charge in [0.05, 0.1) is 30.4 Å². The van der Waals surface area contributed by atoms with Crippen LogP contribution >= 0.6 is 0 Å². The van der Waals surface area contributed by atoms with Crippen molar-refractivity contribution in [1.29, 1.82) is 0 Å². The first-order valence-electron chi connectivity index (χ1n) is 16.2. The van der Waals surface area contributed by atoms with Crippen molar-refractivity contribution in [2.45, 2.75) is 19.3 Å². The third-order valence-corrected chi connectivity index (χ3v) is 9.31. The molecule has 1 fully saturated rings. The molecule has 0 atom stereocenters. The summed E-state index contributed by atoms with van der Waals surface area (Å²) in [7, 11) is 7.70. The molecule has 11 heteroatoms. The lowest BCUT2D eigenvalue weighted by molar-refractivity contribution is 0.0940. The lowest BCUT2D eigenvalue weighted by Crippen LogP contribution is -2.46. The van der Waals surface area contributed by atoms with E-state index in [1.807, 2.05) is 60.2 Å². The Balaban J connectivity index is 1.09. The number of piperazine rings is 1. The van der Waals surface area contributed by atoms with Crippen LogP contribution in [0.4, 0.5) is 0 Å². The number of aryl methyl sites for hydroxylation is 4. The van der Waals surface area contributed by atoms with Crippen LogP contribution < -0.4 is 10.1 Å². The Labute approximate surface area is 275 Å². The number of carbonyl (C=O) groups is 1. The lowest BCUT2D eigenvalue weighted by Gasteiger charge is -2.32. The maximum absolute atomic E-state index is 13.0. The minimum atomic E-state index is -0.0980. The first-order valence-corrected chi connectivity index (χ1v) is 16.2. The van der Waals surface area contributed by atoms with E-state index in [0.717, 1.165) is 96.0 Å². The molecule has 1 aliphatic carbocycles. The van der Waals surface area contributed by atoms with Gasteiger partial charge < -0.3 is 15.0 Å². The van der Waals surface area contributed by atoms with Gasteiger partial charge in [-0.15, -0.1) is 0 Å². The van der Waals surface area contributed by atoms with Crippen molar-refractivity contribution in [2.75, 3.05) is 53.4 Å². The van der Waals surface area contributed by atoms with Gasteiger partial charge in [-0.25, -0.2) is 9.97 Å². The molecule has 11 nitrogen and oxygen atoms in total. The largest absolute Gasteiger partial charge is 0.496 e. The molecule has 1 aliphatic heterocycles. The summed E-state index contributed by atoms with van der Waals surface area (Å²) in [5, 5.41) is 12.3. The quantitative estimate of drug-likeness (QED) is 0.263. The van der Waals surface area contributed by atoms with E-state index in [-0.39, 0.29) is 5.91 Å². The summed E-state index contributed by atoms with van der Waals surface area (Å²) in [6, 6.07) is 14.2. The number of aromatic nitrogens is 6. The molecular formula is C36H41N9O2. The maximum Gasteiger partial charge on any atom is 0.251 e. The molecule has 0 unspecified atom stereocenters. The molecule has 0 saturated carbocycles. The van der Waals surface area contributed by atoms with Gasteiger partial charge in [-0.3, -0.25) is 19.1 Å². The van der Waals surface area contributed by atoms with Crippen LogP contribution in [0.15, 0.2) is 61.1 Å². The fraction of sp³-hybridized carbons (Fsp3) is 0.361. The number of methoxy groups -OCH3 is 1. The average molecular weight is 632 g/mol. The number of nitrogens with zero attached hydrogens (tertiary/aromatic N) is 8. The predicted octanol–water partition coefficient (Wildman–Crippen LogP) is 3.62. The highest BCUT2D eigenvalue weighted by atomic mass is 16.5. The summed E-state index contributed by atoms with van der Waals surface area (Å²) < 4.78 is 9.53. The van der Waals surface area contributed by atoms with E-state index in [9.17, 15) is 4.79 Å². The van der Waals surface area contributed by atoms with Crippen molar-refractivity contribution in [3.05, 3.63) is 89.3 Å². The summed E-state index contributed by atoms with van der Waals surface area (Å²) in [6.07, 6.45) is 8.02. The van der Waals surface area contributed by atoms with Gasteiger partial charge in [-0.1, -0.05) is 30.3 Å². The normalized spacial score (nSPS) is 14.9. The van der Waals surface area contributed by atoms with Crippen molar-refractivity contribution >= 4 is 5.91 Å². The van der Waals surface area contributed by atoms with Crippen LogP contribution in [-0.2, 0) is 33.4 Å². The first kappa shape index (κ1) is 30.8. The molecule has 5 aromatic rings. The van der Waals surface area contributed by atoms with Crippen molar-refractivity contribution in [3.63, 3.8) is 0 Å². The molecule has 0 radical (unpaired) electrons. The molecule has 0 bridgehead atoms. The van der Waals surface area contributed by atoms with E-state index in [0.29, 0.717) is 30.1 Å². The highest BCUT2D eigenvalue weighted by Crippen LogP contribution is 2.40. The van der Waals surface area contributed by atoms with Crippen molar-refractivity contribution in [1.82, 2.24) is 44.6 Å². The number of fused-ring (bicyclic) bond motifs is 3. The number of likely N-dealkylation sites (N-methyl/N-ethyl adjacent to an activating group) is 1. The Bertz CT molecular complexity index is 1900. The molecule has 2 aromatic carbocycles. The molecule has 1 saturated heterocycles. The molecule has 2 aliphatic rings.